The number of hydrogen-bond acceptors (Lipinski definition) is 5. The monoisotopic (exact) mass is 348 g/mol. The van der Waals surface area contributed by atoms with Crippen LogP contribution in [0.15, 0.2) is 30.3 Å². The standard InChI is InChI=1S/C19H28N2O4/c1-18(2,3)25-17(23)19(24)15(20)12-13-21(19)16(22)11-7-10-14-8-5-4-6-9-14/h4-6,8-9,15,24H,7,10-13,20H2,1-3H3/t15?,19-/m1/s1. The number of ether oxygens (including phenoxy) is 1. The number of hydrogen-bond donors (Lipinski definition) is 2. The van der Waals surface area contributed by atoms with Crippen molar-refractivity contribution in [1.29, 1.82) is 0 Å². The van der Waals surface area contributed by atoms with Gasteiger partial charge in [0.2, 0.25) is 5.91 Å². The summed E-state index contributed by atoms with van der Waals surface area (Å²) in [5.41, 5.74) is 4.23. The van der Waals surface area contributed by atoms with Crippen LogP contribution >= 0.6 is 0 Å². The number of nitrogens with zero attached hydrogens (tertiary/aromatic N) is 1. The van der Waals surface area contributed by atoms with E-state index in [9.17, 15) is 14.7 Å². The third-order valence-electron chi connectivity index (χ3n) is 4.29. The van der Waals surface area contributed by atoms with Crippen LogP contribution in [-0.4, -0.2) is 45.8 Å². The summed E-state index contributed by atoms with van der Waals surface area (Å²) in [6.45, 7) is 5.38. The van der Waals surface area contributed by atoms with Gasteiger partial charge in [0, 0.05) is 13.0 Å². The SMILES string of the molecule is CC(C)(C)OC(=O)[C@]1(O)C(N)CCN1C(=O)CCCc1ccccc1. The fourth-order valence-electron chi connectivity index (χ4n) is 2.99. The van der Waals surface area contributed by atoms with Crippen molar-refractivity contribution in [2.24, 2.45) is 5.73 Å². The van der Waals surface area contributed by atoms with Gasteiger partial charge < -0.3 is 20.5 Å². The van der Waals surface area contributed by atoms with Crippen molar-refractivity contribution in [1.82, 2.24) is 4.90 Å². The average molecular weight is 348 g/mol. The molecule has 1 fully saturated rings. The summed E-state index contributed by atoms with van der Waals surface area (Å²) < 4.78 is 5.29. The molecule has 25 heavy (non-hydrogen) atoms. The van der Waals surface area contributed by atoms with Gasteiger partial charge in [-0.25, -0.2) is 4.79 Å². The van der Waals surface area contributed by atoms with Gasteiger partial charge in [-0.3, -0.25) is 4.79 Å². The Bertz CT molecular complexity index is 612. The van der Waals surface area contributed by atoms with Crippen LogP contribution in [0.1, 0.15) is 45.6 Å². The molecule has 0 aromatic heterocycles. The fourth-order valence-corrected chi connectivity index (χ4v) is 2.99. The van der Waals surface area contributed by atoms with Crippen molar-refractivity contribution >= 4 is 11.9 Å². The Morgan fingerprint density at radius 1 is 1.32 bits per heavy atom. The predicted molar refractivity (Wildman–Crippen MR) is 94.5 cm³/mol. The highest BCUT2D eigenvalue weighted by molar-refractivity contribution is 5.88. The van der Waals surface area contributed by atoms with Gasteiger partial charge in [0.25, 0.3) is 5.72 Å². The van der Waals surface area contributed by atoms with E-state index >= 15 is 0 Å². The van der Waals surface area contributed by atoms with Gasteiger partial charge in [0.15, 0.2) is 0 Å². The second-order valence-electron chi connectivity index (χ2n) is 7.51. The largest absolute Gasteiger partial charge is 0.456 e. The summed E-state index contributed by atoms with van der Waals surface area (Å²) >= 11 is 0. The van der Waals surface area contributed by atoms with E-state index < -0.39 is 23.3 Å². The maximum atomic E-state index is 12.6. The van der Waals surface area contributed by atoms with Crippen molar-refractivity contribution in [3.63, 3.8) is 0 Å². The Morgan fingerprint density at radius 3 is 2.56 bits per heavy atom. The second kappa shape index (κ2) is 7.54. The lowest BCUT2D eigenvalue weighted by atomic mass is 10.0. The summed E-state index contributed by atoms with van der Waals surface area (Å²) in [7, 11) is 0. The minimum absolute atomic E-state index is 0.243. The second-order valence-corrected chi connectivity index (χ2v) is 7.51. The van der Waals surface area contributed by atoms with Crippen LogP contribution in [0.25, 0.3) is 0 Å². The third kappa shape index (κ3) is 4.58. The van der Waals surface area contributed by atoms with Gasteiger partial charge in [-0.1, -0.05) is 30.3 Å². The molecular weight excluding hydrogens is 320 g/mol. The van der Waals surface area contributed by atoms with E-state index in [1.54, 1.807) is 20.8 Å². The van der Waals surface area contributed by atoms with Gasteiger partial charge in [0.05, 0.1) is 6.04 Å². The number of rotatable bonds is 5. The van der Waals surface area contributed by atoms with Crippen molar-refractivity contribution in [2.75, 3.05) is 6.54 Å². The van der Waals surface area contributed by atoms with E-state index in [0.717, 1.165) is 12.0 Å². The van der Waals surface area contributed by atoms with Crippen LogP contribution in [0.2, 0.25) is 0 Å². The van der Waals surface area contributed by atoms with Gasteiger partial charge in [-0.05, 0) is 45.6 Å². The van der Waals surface area contributed by atoms with Gasteiger partial charge in [-0.15, -0.1) is 0 Å². The lowest BCUT2D eigenvalue weighted by molar-refractivity contribution is -0.199. The van der Waals surface area contributed by atoms with Crippen LogP contribution in [0.4, 0.5) is 0 Å². The number of likely N-dealkylation sites (tertiary alicyclic amines) is 1. The minimum atomic E-state index is -2.09. The molecule has 3 N–H and O–H groups in total. The molecule has 0 bridgehead atoms. The van der Waals surface area contributed by atoms with Gasteiger partial charge in [0.1, 0.15) is 5.60 Å². The summed E-state index contributed by atoms with van der Waals surface area (Å²) in [5.74, 6) is -1.14. The van der Waals surface area contributed by atoms with Crippen LogP contribution in [-0.2, 0) is 20.7 Å². The van der Waals surface area contributed by atoms with Crippen molar-refractivity contribution in [3.8, 4) is 0 Å². The van der Waals surface area contributed by atoms with Crippen LogP contribution < -0.4 is 5.73 Å². The molecule has 1 unspecified atom stereocenters. The molecule has 2 atom stereocenters. The van der Waals surface area contributed by atoms with Crippen LogP contribution in [0.5, 0.6) is 0 Å². The number of amides is 1. The first kappa shape index (κ1) is 19.4. The van der Waals surface area contributed by atoms with E-state index in [-0.39, 0.29) is 18.9 Å². The Hall–Kier alpha value is -1.92. The van der Waals surface area contributed by atoms with Crippen molar-refractivity contribution < 1.29 is 19.4 Å². The maximum absolute atomic E-state index is 12.6. The first-order valence-electron chi connectivity index (χ1n) is 8.70. The normalized spacial score (nSPS) is 23.6. The number of benzene rings is 1. The molecule has 1 aromatic rings. The zero-order chi connectivity index (χ0) is 18.7. The molecule has 138 valence electrons. The third-order valence-corrected chi connectivity index (χ3v) is 4.29. The van der Waals surface area contributed by atoms with Crippen LogP contribution in [0, 0.1) is 0 Å². The Morgan fingerprint density at radius 2 is 1.96 bits per heavy atom. The molecule has 2 rings (SSSR count). The minimum Gasteiger partial charge on any atom is -0.456 e. The predicted octanol–water partition coefficient (Wildman–Crippen LogP) is 1.60. The quantitative estimate of drug-likeness (QED) is 0.789. The first-order chi connectivity index (χ1) is 11.6. The molecular formula is C19H28N2O4. The number of carbonyl (C=O) groups excluding carboxylic acids is 2. The maximum Gasteiger partial charge on any atom is 0.362 e. The molecule has 1 aliphatic rings. The summed E-state index contributed by atoms with van der Waals surface area (Å²) in [6.07, 6.45) is 2.00. The number of carbonyl (C=O) groups is 2. The summed E-state index contributed by atoms with van der Waals surface area (Å²) in [6, 6.07) is 9.03. The number of aryl methyl sites for hydroxylation is 1. The number of esters is 1. The molecule has 1 amide bonds. The highest BCUT2D eigenvalue weighted by Gasteiger charge is 2.55. The number of nitrogens with two attached hydrogens (primary N) is 1. The van der Waals surface area contributed by atoms with Crippen LogP contribution in [0.3, 0.4) is 0 Å². The van der Waals surface area contributed by atoms with Crippen molar-refractivity contribution in [2.45, 2.75) is 63.8 Å². The Labute approximate surface area is 149 Å². The van der Waals surface area contributed by atoms with E-state index in [2.05, 4.69) is 0 Å². The molecule has 1 heterocycles. The van der Waals surface area contributed by atoms with E-state index in [1.165, 1.54) is 4.90 Å². The lowest BCUT2D eigenvalue weighted by Crippen LogP contribution is -2.62. The topological polar surface area (TPSA) is 92.9 Å². The zero-order valence-electron chi connectivity index (χ0n) is 15.2. The van der Waals surface area contributed by atoms with E-state index in [0.29, 0.717) is 12.8 Å². The molecule has 0 spiro atoms. The lowest BCUT2D eigenvalue weighted by Gasteiger charge is -2.36. The summed E-state index contributed by atoms with van der Waals surface area (Å²) in [4.78, 5) is 26.2. The average Bonchev–Trinajstić information content (AvgIpc) is 2.83. The first-order valence-corrected chi connectivity index (χ1v) is 8.70. The van der Waals surface area contributed by atoms with Crippen molar-refractivity contribution in [3.05, 3.63) is 35.9 Å². The smallest absolute Gasteiger partial charge is 0.362 e. The zero-order valence-corrected chi connectivity index (χ0v) is 15.2. The fraction of sp³-hybridized carbons (Fsp3) is 0.579. The number of aliphatic hydroxyl groups is 1. The molecule has 1 aromatic carbocycles. The van der Waals surface area contributed by atoms with Gasteiger partial charge >= 0.3 is 5.97 Å². The molecule has 0 radical (unpaired) electrons. The molecule has 0 aliphatic carbocycles. The Balaban J connectivity index is 2.00. The van der Waals surface area contributed by atoms with E-state index in [1.807, 2.05) is 30.3 Å². The van der Waals surface area contributed by atoms with Gasteiger partial charge in [-0.2, -0.15) is 0 Å². The molecule has 1 saturated heterocycles. The highest BCUT2D eigenvalue weighted by Crippen LogP contribution is 2.30. The Kier molecular flexibility index (Phi) is 5.85. The molecule has 6 heteroatoms. The molecule has 1 aliphatic heterocycles. The summed E-state index contributed by atoms with van der Waals surface area (Å²) in [5, 5.41) is 10.8. The van der Waals surface area contributed by atoms with E-state index in [4.69, 9.17) is 10.5 Å². The molecule has 0 saturated carbocycles. The molecule has 6 nitrogen and oxygen atoms in total. The highest BCUT2D eigenvalue weighted by atomic mass is 16.6.